The van der Waals surface area contributed by atoms with Crippen molar-refractivity contribution in [2.45, 2.75) is 39.0 Å². The highest BCUT2D eigenvalue weighted by molar-refractivity contribution is 5.96. The van der Waals surface area contributed by atoms with E-state index in [1.807, 2.05) is 48.5 Å². The SMILES string of the molecule is CCCCCOc1ccc(CCC(=O)c2ccccc2)cc1OC. The lowest BCUT2D eigenvalue weighted by Crippen LogP contribution is -2.02. The maximum atomic E-state index is 12.2. The van der Waals surface area contributed by atoms with Crippen LogP contribution in [0.5, 0.6) is 11.5 Å². The minimum Gasteiger partial charge on any atom is -0.493 e. The van der Waals surface area contributed by atoms with E-state index in [1.165, 1.54) is 12.8 Å². The number of ketones is 1. The van der Waals surface area contributed by atoms with E-state index in [4.69, 9.17) is 9.47 Å². The van der Waals surface area contributed by atoms with E-state index < -0.39 is 0 Å². The zero-order chi connectivity index (χ0) is 17.2. The summed E-state index contributed by atoms with van der Waals surface area (Å²) in [7, 11) is 1.65. The van der Waals surface area contributed by atoms with Crippen LogP contribution in [0.3, 0.4) is 0 Å². The van der Waals surface area contributed by atoms with E-state index in [1.54, 1.807) is 7.11 Å². The summed E-state index contributed by atoms with van der Waals surface area (Å²) in [4.78, 5) is 12.2. The molecule has 0 saturated carbocycles. The van der Waals surface area contributed by atoms with E-state index in [0.717, 1.165) is 29.0 Å². The predicted molar refractivity (Wildman–Crippen MR) is 97.1 cm³/mol. The van der Waals surface area contributed by atoms with Crippen LogP contribution in [0, 0.1) is 0 Å². The molecule has 0 aliphatic rings. The fraction of sp³-hybridized carbons (Fsp3) is 0.381. The summed E-state index contributed by atoms with van der Waals surface area (Å²) in [6.45, 7) is 2.88. The lowest BCUT2D eigenvalue weighted by atomic mass is 10.0. The molecule has 128 valence electrons. The van der Waals surface area contributed by atoms with Crippen LogP contribution in [0.15, 0.2) is 48.5 Å². The quantitative estimate of drug-likeness (QED) is 0.451. The molecule has 0 atom stereocenters. The average Bonchev–Trinajstić information content (AvgIpc) is 2.64. The molecule has 0 spiro atoms. The zero-order valence-electron chi connectivity index (χ0n) is 14.6. The Morgan fingerprint density at radius 3 is 2.50 bits per heavy atom. The van der Waals surface area contributed by atoms with E-state index in [9.17, 15) is 4.79 Å². The molecule has 0 N–H and O–H groups in total. The molecule has 0 fully saturated rings. The van der Waals surface area contributed by atoms with Crippen LogP contribution in [0.4, 0.5) is 0 Å². The molecular weight excluding hydrogens is 300 g/mol. The number of hydrogen-bond donors (Lipinski definition) is 0. The molecule has 2 rings (SSSR count). The molecule has 3 nitrogen and oxygen atoms in total. The predicted octanol–water partition coefficient (Wildman–Crippen LogP) is 5.08. The summed E-state index contributed by atoms with van der Waals surface area (Å²) in [5, 5.41) is 0. The van der Waals surface area contributed by atoms with E-state index in [-0.39, 0.29) is 5.78 Å². The largest absolute Gasteiger partial charge is 0.493 e. The molecule has 2 aromatic rings. The molecule has 0 aromatic heterocycles. The van der Waals surface area contributed by atoms with Crippen molar-refractivity contribution in [1.29, 1.82) is 0 Å². The van der Waals surface area contributed by atoms with E-state index >= 15 is 0 Å². The van der Waals surface area contributed by atoms with Crippen molar-refractivity contribution in [2.24, 2.45) is 0 Å². The fourth-order valence-corrected chi connectivity index (χ4v) is 2.55. The van der Waals surface area contributed by atoms with Gasteiger partial charge in [0.05, 0.1) is 13.7 Å². The number of benzene rings is 2. The van der Waals surface area contributed by atoms with Gasteiger partial charge in [-0.2, -0.15) is 0 Å². The number of carbonyl (C=O) groups is 1. The van der Waals surface area contributed by atoms with Gasteiger partial charge in [-0.25, -0.2) is 0 Å². The molecule has 0 saturated heterocycles. The van der Waals surface area contributed by atoms with Gasteiger partial charge in [-0.05, 0) is 30.5 Å². The molecule has 24 heavy (non-hydrogen) atoms. The second-order valence-electron chi connectivity index (χ2n) is 5.83. The number of methoxy groups -OCH3 is 1. The molecule has 3 heteroatoms. The van der Waals surface area contributed by atoms with Gasteiger partial charge in [0.2, 0.25) is 0 Å². The van der Waals surface area contributed by atoms with Gasteiger partial charge < -0.3 is 9.47 Å². The molecule has 0 unspecified atom stereocenters. The summed E-state index contributed by atoms with van der Waals surface area (Å²) >= 11 is 0. The Morgan fingerprint density at radius 1 is 1.00 bits per heavy atom. The molecule has 0 aliphatic heterocycles. The van der Waals surface area contributed by atoms with Crippen molar-refractivity contribution in [3.63, 3.8) is 0 Å². The van der Waals surface area contributed by atoms with Crippen LogP contribution < -0.4 is 9.47 Å². The molecule has 0 heterocycles. The van der Waals surface area contributed by atoms with Crippen molar-refractivity contribution in [3.05, 3.63) is 59.7 Å². The van der Waals surface area contributed by atoms with Gasteiger partial charge >= 0.3 is 0 Å². The van der Waals surface area contributed by atoms with Gasteiger partial charge in [0.25, 0.3) is 0 Å². The van der Waals surface area contributed by atoms with Crippen LogP contribution in [0.25, 0.3) is 0 Å². The monoisotopic (exact) mass is 326 g/mol. The highest BCUT2D eigenvalue weighted by Gasteiger charge is 2.09. The second-order valence-corrected chi connectivity index (χ2v) is 5.83. The van der Waals surface area contributed by atoms with Crippen molar-refractivity contribution in [3.8, 4) is 11.5 Å². The Balaban J connectivity index is 1.92. The maximum absolute atomic E-state index is 12.2. The maximum Gasteiger partial charge on any atom is 0.163 e. The van der Waals surface area contributed by atoms with Crippen LogP contribution in [0.2, 0.25) is 0 Å². The fourth-order valence-electron chi connectivity index (χ4n) is 2.55. The zero-order valence-corrected chi connectivity index (χ0v) is 14.6. The van der Waals surface area contributed by atoms with Crippen LogP contribution in [-0.4, -0.2) is 19.5 Å². The minimum atomic E-state index is 0.162. The minimum absolute atomic E-state index is 0.162. The number of aryl methyl sites for hydroxylation is 1. The summed E-state index contributed by atoms with van der Waals surface area (Å²) in [5.41, 5.74) is 1.84. The number of rotatable bonds is 10. The van der Waals surface area contributed by atoms with Gasteiger partial charge in [0.15, 0.2) is 17.3 Å². The first-order chi connectivity index (χ1) is 11.7. The lowest BCUT2D eigenvalue weighted by Gasteiger charge is -2.12. The van der Waals surface area contributed by atoms with Crippen LogP contribution >= 0.6 is 0 Å². The van der Waals surface area contributed by atoms with Crippen molar-refractivity contribution in [2.75, 3.05) is 13.7 Å². The molecule has 0 aliphatic carbocycles. The summed E-state index contributed by atoms with van der Waals surface area (Å²) in [6.07, 6.45) is 4.58. The van der Waals surface area contributed by atoms with Gasteiger partial charge in [-0.1, -0.05) is 56.2 Å². The molecule has 0 amide bonds. The van der Waals surface area contributed by atoms with Gasteiger partial charge in [-0.3, -0.25) is 4.79 Å². The third-order valence-corrected chi connectivity index (χ3v) is 3.97. The number of hydrogen-bond acceptors (Lipinski definition) is 3. The third kappa shape index (κ3) is 5.41. The molecule has 0 radical (unpaired) electrons. The summed E-state index contributed by atoms with van der Waals surface area (Å²) in [5.74, 6) is 1.66. The molecule has 2 aromatic carbocycles. The highest BCUT2D eigenvalue weighted by Crippen LogP contribution is 2.29. The van der Waals surface area contributed by atoms with Crippen LogP contribution in [0.1, 0.15) is 48.5 Å². The van der Waals surface area contributed by atoms with Gasteiger partial charge in [-0.15, -0.1) is 0 Å². The van der Waals surface area contributed by atoms with Gasteiger partial charge in [0, 0.05) is 12.0 Å². The topological polar surface area (TPSA) is 35.5 Å². The molecular formula is C21H26O3. The Kier molecular flexibility index (Phi) is 7.34. The van der Waals surface area contributed by atoms with E-state index in [2.05, 4.69) is 6.92 Å². The molecule has 0 bridgehead atoms. The van der Waals surface area contributed by atoms with Gasteiger partial charge in [0.1, 0.15) is 0 Å². The Morgan fingerprint density at radius 2 is 1.79 bits per heavy atom. The van der Waals surface area contributed by atoms with E-state index in [0.29, 0.717) is 19.4 Å². The first-order valence-corrected chi connectivity index (χ1v) is 8.62. The standard InChI is InChI=1S/C21H26O3/c1-3-4-8-15-24-20-14-12-17(16-21(20)23-2)11-13-19(22)18-9-6-5-7-10-18/h5-7,9-10,12,14,16H,3-4,8,11,13,15H2,1-2H3. The van der Waals surface area contributed by atoms with Crippen molar-refractivity contribution in [1.82, 2.24) is 0 Å². The van der Waals surface area contributed by atoms with Crippen molar-refractivity contribution < 1.29 is 14.3 Å². The average molecular weight is 326 g/mol. The summed E-state index contributed by atoms with van der Waals surface area (Å²) < 4.78 is 11.2. The first kappa shape index (κ1) is 18.1. The number of unbranched alkanes of at least 4 members (excludes halogenated alkanes) is 2. The Hall–Kier alpha value is -2.29. The normalized spacial score (nSPS) is 10.4. The smallest absolute Gasteiger partial charge is 0.163 e. The Bertz CT molecular complexity index is 635. The second kappa shape index (κ2) is 9.76. The lowest BCUT2D eigenvalue weighted by molar-refractivity contribution is 0.0983. The number of ether oxygens (including phenoxy) is 2. The first-order valence-electron chi connectivity index (χ1n) is 8.62. The summed E-state index contributed by atoms with van der Waals surface area (Å²) in [6, 6.07) is 15.3. The third-order valence-electron chi connectivity index (χ3n) is 3.97. The highest BCUT2D eigenvalue weighted by atomic mass is 16.5. The van der Waals surface area contributed by atoms with Crippen molar-refractivity contribution >= 4 is 5.78 Å². The Labute approximate surface area is 144 Å². The number of carbonyl (C=O) groups excluding carboxylic acids is 1. The van der Waals surface area contributed by atoms with Crippen LogP contribution in [-0.2, 0) is 6.42 Å². The number of Topliss-reactive ketones (excluding diaryl/α,β-unsaturated/α-hetero) is 1.